The number of hydrogen-bond acceptors (Lipinski definition) is 2. The summed E-state index contributed by atoms with van der Waals surface area (Å²) in [4.78, 5) is 10.8. The van der Waals surface area contributed by atoms with Crippen molar-refractivity contribution in [3.8, 4) is 11.5 Å². The second-order valence-corrected chi connectivity index (χ2v) is 6.15. The predicted molar refractivity (Wildman–Crippen MR) is 104 cm³/mol. The lowest BCUT2D eigenvalue weighted by Crippen LogP contribution is -1.90. The zero-order chi connectivity index (χ0) is 18.2. The molecule has 128 valence electrons. The van der Waals surface area contributed by atoms with Gasteiger partial charge in [0, 0.05) is 5.56 Å². The first-order valence-electron chi connectivity index (χ1n) is 8.33. The summed E-state index contributed by atoms with van der Waals surface area (Å²) in [7, 11) is 0. The maximum atomic E-state index is 10.8. The van der Waals surface area contributed by atoms with Crippen molar-refractivity contribution >= 4 is 5.78 Å². The SMILES string of the molecule is CC(=O)c1cccc(C)c1.Cc1ccc(Oc2ccc(C)cc2)cc1. The minimum absolute atomic E-state index is 0.128. The van der Waals surface area contributed by atoms with Crippen LogP contribution in [0.2, 0.25) is 0 Å². The summed E-state index contributed by atoms with van der Waals surface area (Å²) in [5.74, 6) is 1.89. The van der Waals surface area contributed by atoms with Crippen LogP contribution in [0.1, 0.15) is 34.0 Å². The quantitative estimate of drug-likeness (QED) is 0.527. The van der Waals surface area contributed by atoms with Crippen LogP contribution < -0.4 is 4.74 Å². The lowest BCUT2D eigenvalue weighted by Gasteiger charge is -2.05. The van der Waals surface area contributed by atoms with E-state index in [-0.39, 0.29) is 5.78 Å². The van der Waals surface area contributed by atoms with Crippen molar-refractivity contribution < 1.29 is 9.53 Å². The van der Waals surface area contributed by atoms with Crippen molar-refractivity contribution in [1.82, 2.24) is 0 Å². The number of benzene rings is 3. The highest BCUT2D eigenvalue weighted by Gasteiger charge is 1.96. The van der Waals surface area contributed by atoms with Crippen LogP contribution in [0.25, 0.3) is 0 Å². The van der Waals surface area contributed by atoms with Gasteiger partial charge in [-0.05, 0) is 58.0 Å². The van der Waals surface area contributed by atoms with Crippen molar-refractivity contribution in [3.63, 3.8) is 0 Å². The molecule has 0 spiro atoms. The van der Waals surface area contributed by atoms with Gasteiger partial charge < -0.3 is 4.74 Å². The lowest BCUT2D eigenvalue weighted by atomic mass is 10.1. The molecule has 25 heavy (non-hydrogen) atoms. The maximum Gasteiger partial charge on any atom is 0.159 e. The molecule has 0 saturated heterocycles. The molecule has 2 heteroatoms. The molecule has 2 nitrogen and oxygen atoms in total. The Labute approximate surface area is 150 Å². The topological polar surface area (TPSA) is 26.3 Å². The monoisotopic (exact) mass is 332 g/mol. The molecule has 0 aliphatic carbocycles. The van der Waals surface area contributed by atoms with Gasteiger partial charge in [0.1, 0.15) is 11.5 Å². The molecule has 0 aromatic heterocycles. The molecule has 0 N–H and O–H groups in total. The van der Waals surface area contributed by atoms with E-state index in [4.69, 9.17) is 4.74 Å². The predicted octanol–water partition coefficient (Wildman–Crippen LogP) is 6.29. The van der Waals surface area contributed by atoms with Gasteiger partial charge >= 0.3 is 0 Å². The minimum Gasteiger partial charge on any atom is -0.457 e. The van der Waals surface area contributed by atoms with Gasteiger partial charge in [0.25, 0.3) is 0 Å². The third kappa shape index (κ3) is 6.27. The summed E-state index contributed by atoms with van der Waals surface area (Å²) < 4.78 is 5.69. The second kappa shape index (κ2) is 8.84. The number of aryl methyl sites for hydroxylation is 3. The molecule has 0 aliphatic heterocycles. The zero-order valence-electron chi connectivity index (χ0n) is 15.2. The van der Waals surface area contributed by atoms with E-state index in [2.05, 4.69) is 13.8 Å². The van der Waals surface area contributed by atoms with Crippen LogP contribution in [-0.2, 0) is 0 Å². The molecular formula is C23H24O2. The van der Waals surface area contributed by atoms with Crippen LogP contribution >= 0.6 is 0 Å². The standard InChI is InChI=1S/C14H14O.C9H10O/c1-11-3-7-13(8-4-11)15-14-9-5-12(2)6-10-14;1-7-4-3-5-9(6-7)8(2)10/h3-10H,1-2H3;3-6H,1-2H3. The van der Waals surface area contributed by atoms with Crippen molar-refractivity contribution in [2.45, 2.75) is 27.7 Å². The van der Waals surface area contributed by atoms with E-state index in [1.54, 1.807) is 6.92 Å². The number of hydrogen-bond donors (Lipinski definition) is 0. The molecule has 0 fully saturated rings. The number of carbonyl (C=O) groups is 1. The van der Waals surface area contributed by atoms with Crippen LogP contribution in [0.5, 0.6) is 11.5 Å². The van der Waals surface area contributed by atoms with Gasteiger partial charge in [-0.2, -0.15) is 0 Å². The zero-order valence-corrected chi connectivity index (χ0v) is 15.2. The molecule has 0 bridgehead atoms. The molecule has 3 rings (SSSR count). The number of rotatable bonds is 3. The lowest BCUT2D eigenvalue weighted by molar-refractivity contribution is 0.101. The molecule has 0 amide bonds. The van der Waals surface area contributed by atoms with Gasteiger partial charge in [-0.1, -0.05) is 59.2 Å². The van der Waals surface area contributed by atoms with Gasteiger partial charge in [0.05, 0.1) is 0 Å². The first-order chi connectivity index (χ1) is 11.9. The van der Waals surface area contributed by atoms with Crippen LogP contribution in [0, 0.1) is 20.8 Å². The maximum absolute atomic E-state index is 10.8. The Kier molecular flexibility index (Phi) is 6.53. The number of ketones is 1. The van der Waals surface area contributed by atoms with E-state index < -0.39 is 0 Å². The van der Waals surface area contributed by atoms with Gasteiger partial charge in [-0.3, -0.25) is 4.79 Å². The van der Waals surface area contributed by atoms with Gasteiger partial charge in [0.2, 0.25) is 0 Å². The summed E-state index contributed by atoms with van der Waals surface area (Å²) >= 11 is 0. The molecular weight excluding hydrogens is 308 g/mol. The van der Waals surface area contributed by atoms with Crippen LogP contribution in [0.3, 0.4) is 0 Å². The fraction of sp³-hybridized carbons (Fsp3) is 0.174. The number of Topliss-reactive ketones (excluding diaryl/α,β-unsaturated/α-hetero) is 1. The summed E-state index contributed by atoms with van der Waals surface area (Å²) in [6, 6.07) is 23.7. The fourth-order valence-corrected chi connectivity index (χ4v) is 2.21. The Morgan fingerprint density at radius 3 is 1.52 bits per heavy atom. The fourth-order valence-electron chi connectivity index (χ4n) is 2.21. The Morgan fingerprint density at radius 2 is 1.16 bits per heavy atom. The van der Waals surface area contributed by atoms with Crippen LogP contribution in [-0.4, -0.2) is 5.78 Å². The molecule has 0 radical (unpaired) electrons. The molecule has 0 unspecified atom stereocenters. The molecule has 3 aromatic carbocycles. The normalized spacial score (nSPS) is 9.76. The van der Waals surface area contributed by atoms with Crippen molar-refractivity contribution in [2.75, 3.05) is 0 Å². The third-order valence-electron chi connectivity index (χ3n) is 3.70. The van der Waals surface area contributed by atoms with E-state index in [1.807, 2.05) is 79.7 Å². The highest BCUT2D eigenvalue weighted by atomic mass is 16.5. The third-order valence-corrected chi connectivity index (χ3v) is 3.70. The Balaban J connectivity index is 0.000000196. The van der Waals surface area contributed by atoms with E-state index in [0.717, 1.165) is 22.6 Å². The first kappa shape index (κ1) is 18.5. The second-order valence-electron chi connectivity index (χ2n) is 6.15. The van der Waals surface area contributed by atoms with E-state index in [1.165, 1.54) is 11.1 Å². The van der Waals surface area contributed by atoms with Gasteiger partial charge in [-0.25, -0.2) is 0 Å². The average Bonchev–Trinajstić information content (AvgIpc) is 2.59. The molecule has 0 atom stereocenters. The Morgan fingerprint density at radius 1 is 0.680 bits per heavy atom. The van der Waals surface area contributed by atoms with E-state index >= 15 is 0 Å². The summed E-state index contributed by atoms with van der Waals surface area (Å²) in [5.41, 5.74) is 4.41. The Bertz CT molecular complexity index is 772. The van der Waals surface area contributed by atoms with Gasteiger partial charge in [-0.15, -0.1) is 0 Å². The molecule has 0 aliphatic rings. The highest BCUT2D eigenvalue weighted by Crippen LogP contribution is 2.21. The highest BCUT2D eigenvalue weighted by molar-refractivity contribution is 5.94. The minimum atomic E-state index is 0.128. The number of ether oxygens (including phenoxy) is 1. The van der Waals surface area contributed by atoms with Crippen molar-refractivity contribution in [3.05, 3.63) is 95.1 Å². The molecule has 3 aromatic rings. The smallest absolute Gasteiger partial charge is 0.159 e. The summed E-state index contributed by atoms with van der Waals surface area (Å²) in [6.45, 7) is 7.69. The largest absolute Gasteiger partial charge is 0.457 e. The van der Waals surface area contributed by atoms with Crippen LogP contribution in [0.15, 0.2) is 72.8 Å². The van der Waals surface area contributed by atoms with Crippen molar-refractivity contribution in [2.24, 2.45) is 0 Å². The summed E-state index contributed by atoms with van der Waals surface area (Å²) in [6.07, 6.45) is 0. The van der Waals surface area contributed by atoms with Crippen LogP contribution in [0.4, 0.5) is 0 Å². The molecule has 0 saturated carbocycles. The molecule has 0 heterocycles. The summed E-state index contributed by atoms with van der Waals surface area (Å²) in [5, 5.41) is 0. The number of carbonyl (C=O) groups excluding carboxylic acids is 1. The average molecular weight is 332 g/mol. The van der Waals surface area contributed by atoms with E-state index in [0.29, 0.717) is 0 Å². The Hall–Kier alpha value is -2.87. The first-order valence-corrected chi connectivity index (χ1v) is 8.33. The van der Waals surface area contributed by atoms with Crippen molar-refractivity contribution in [1.29, 1.82) is 0 Å². The van der Waals surface area contributed by atoms with E-state index in [9.17, 15) is 4.79 Å². The van der Waals surface area contributed by atoms with Gasteiger partial charge in [0.15, 0.2) is 5.78 Å².